The Morgan fingerprint density at radius 2 is 2.00 bits per heavy atom. The molecular weight excluding hydrogens is 250 g/mol. The minimum atomic E-state index is -0.112. The molecule has 2 heterocycles. The van der Waals surface area contributed by atoms with Crippen molar-refractivity contribution >= 4 is 0 Å². The van der Waals surface area contributed by atoms with Crippen molar-refractivity contribution in [3.8, 4) is 0 Å². The summed E-state index contributed by atoms with van der Waals surface area (Å²) in [6, 6.07) is 10.1. The molecule has 2 N–H and O–H groups in total. The number of rotatable bonds is 4. The van der Waals surface area contributed by atoms with Gasteiger partial charge in [0.05, 0.1) is 24.3 Å². The fraction of sp³-hybridized carbons (Fsp3) is 0.438. The van der Waals surface area contributed by atoms with Gasteiger partial charge in [-0.1, -0.05) is 30.3 Å². The zero-order valence-corrected chi connectivity index (χ0v) is 11.6. The molecule has 106 valence electrons. The maximum atomic E-state index is 6.38. The molecule has 0 spiro atoms. The van der Waals surface area contributed by atoms with Crippen LogP contribution in [-0.4, -0.2) is 22.8 Å². The molecule has 1 saturated heterocycles. The third-order valence-corrected chi connectivity index (χ3v) is 4.02. The monoisotopic (exact) mass is 271 g/mol. The first-order chi connectivity index (χ1) is 9.84. The van der Waals surface area contributed by atoms with E-state index in [1.165, 1.54) is 0 Å². The van der Waals surface area contributed by atoms with Gasteiger partial charge in [0.1, 0.15) is 0 Å². The Balaban J connectivity index is 1.75. The molecule has 1 fully saturated rings. The van der Waals surface area contributed by atoms with E-state index in [0.29, 0.717) is 5.92 Å². The summed E-state index contributed by atoms with van der Waals surface area (Å²) in [5.41, 5.74) is 8.59. The van der Waals surface area contributed by atoms with E-state index < -0.39 is 0 Å². The Labute approximate surface area is 119 Å². The van der Waals surface area contributed by atoms with Crippen LogP contribution in [0.4, 0.5) is 0 Å². The minimum Gasteiger partial charge on any atom is -0.381 e. The highest BCUT2D eigenvalue weighted by atomic mass is 16.5. The number of imidazole rings is 1. The number of nitrogens with zero attached hydrogens (tertiary/aromatic N) is 2. The number of ether oxygens (including phenoxy) is 1. The SMILES string of the molecule is NC(c1ccccc1)c1cncn1CC1CCOCC1. The van der Waals surface area contributed by atoms with Gasteiger partial charge in [0, 0.05) is 19.8 Å². The van der Waals surface area contributed by atoms with Gasteiger partial charge < -0.3 is 15.0 Å². The standard InChI is InChI=1S/C16H21N3O/c17-16(14-4-2-1-3-5-14)15-10-18-12-19(15)11-13-6-8-20-9-7-13/h1-5,10,12-13,16H,6-9,11,17H2. The molecule has 1 atom stereocenters. The fourth-order valence-corrected chi connectivity index (χ4v) is 2.78. The molecule has 1 aromatic heterocycles. The molecular formula is C16H21N3O. The number of nitrogens with two attached hydrogens (primary N) is 1. The number of aromatic nitrogens is 2. The Morgan fingerprint density at radius 1 is 1.25 bits per heavy atom. The van der Waals surface area contributed by atoms with E-state index in [1.54, 1.807) is 0 Å². The Hall–Kier alpha value is -1.65. The Morgan fingerprint density at radius 3 is 2.75 bits per heavy atom. The first kappa shape index (κ1) is 13.3. The number of benzene rings is 1. The van der Waals surface area contributed by atoms with Gasteiger partial charge in [-0.2, -0.15) is 0 Å². The van der Waals surface area contributed by atoms with Crippen LogP contribution < -0.4 is 5.73 Å². The lowest BCUT2D eigenvalue weighted by molar-refractivity contribution is 0.0610. The summed E-state index contributed by atoms with van der Waals surface area (Å²) in [5, 5.41) is 0. The van der Waals surface area contributed by atoms with Crippen molar-refractivity contribution in [3.63, 3.8) is 0 Å². The van der Waals surface area contributed by atoms with Crippen LogP contribution in [0.5, 0.6) is 0 Å². The molecule has 3 rings (SSSR count). The second-order valence-corrected chi connectivity index (χ2v) is 5.41. The fourth-order valence-electron chi connectivity index (χ4n) is 2.78. The van der Waals surface area contributed by atoms with Crippen molar-refractivity contribution < 1.29 is 4.74 Å². The van der Waals surface area contributed by atoms with Crippen molar-refractivity contribution in [2.24, 2.45) is 11.7 Å². The maximum absolute atomic E-state index is 6.38. The molecule has 1 unspecified atom stereocenters. The lowest BCUT2D eigenvalue weighted by atomic mass is 9.99. The molecule has 1 aromatic carbocycles. The number of hydrogen-bond donors (Lipinski definition) is 1. The van der Waals surface area contributed by atoms with Crippen LogP contribution in [0.25, 0.3) is 0 Å². The summed E-state index contributed by atoms with van der Waals surface area (Å²) in [7, 11) is 0. The van der Waals surface area contributed by atoms with Crippen LogP contribution in [-0.2, 0) is 11.3 Å². The molecule has 0 amide bonds. The van der Waals surface area contributed by atoms with Crippen molar-refractivity contribution in [1.29, 1.82) is 0 Å². The largest absolute Gasteiger partial charge is 0.381 e. The average molecular weight is 271 g/mol. The van der Waals surface area contributed by atoms with Gasteiger partial charge in [-0.25, -0.2) is 4.98 Å². The van der Waals surface area contributed by atoms with E-state index in [0.717, 1.165) is 43.9 Å². The predicted octanol–water partition coefficient (Wildman–Crippen LogP) is 2.36. The summed E-state index contributed by atoms with van der Waals surface area (Å²) < 4.78 is 7.62. The van der Waals surface area contributed by atoms with Gasteiger partial charge in [0.25, 0.3) is 0 Å². The van der Waals surface area contributed by atoms with Crippen LogP contribution >= 0.6 is 0 Å². The van der Waals surface area contributed by atoms with Crippen molar-refractivity contribution in [1.82, 2.24) is 9.55 Å². The quantitative estimate of drug-likeness (QED) is 0.928. The minimum absolute atomic E-state index is 0.112. The van der Waals surface area contributed by atoms with E-state index in [1.807, 2.05) is 30.7 Å². The van der Waals surface area contributed by atoms with Gasteiger partial charge in [-0.3, -0.25) is 0 Å². The van der Waals surface area contributed by atoms with E-state index in [4.69, 9.17) is 10.5 Å². The Kier molecular flexibility index (Phi) is 4.14. The van der Waals surface area contributed by atoms with E-state index in [2.05, 4.69) is 21.7 Å². The molecule has 0 radical (unpaired) electrons. The van der Waals surface area contributed by atoms with Gasteiger partial charge in [0.2, 0.25) is 0 Å². The van der Waals surface area contributed by atoms with E-state index in [9.17, 15) is 0 Å². The molecule has 4 heteroatoms. The number of hydrogen-bond acceptors (Lipinski definition) is 3. The lowest BCUT2D eigenvalue weighted by Gasteiger charge is -2.24. The lowest BCUT2D eigenvalue weighted by Crippen LogP contribution is -2.23. The third-order valence-electron chi connectivity index (χ3n) is 4.02. The molecule has 0 saturated carbocycles. The van der Waals surface area contributed by atoms with Crippen LogP contribution in [0, 0.1) is 5.92 Å². The smallest absolute Gasteiger partial charge is 0.0948 e. The predicted molar refractivity (Wildman–Crippen MR) is 78.2 cm³/mol. The zero-order valence-electron chi connectivity index (χ0n) is 11.6. The summed E-state index contributed by atoms with van der Waals surface area (Å²) in [6.07, 6.45) is 6.03. The molecule has 0 bridgehead atoms. The van der Waals surface area contributed by atoms with E-state index in [-0.39, 0.29) is 6.04 Å². The first-order valence-electron chi connectivity index (χ1n) is 7.23. The van der Waals surface area contributed by atoms with Gasteiger partial charge in [-0.15, -0.1) is 0 Å². The van der Waals surface area contributed by atoms with Crippen molar-refractivity contribution in [2.75, 3.05) is 13.2 Å². The first-order valence-corrected chi connectivity index (χ1v) is 7.23. The summed E-state index contributed by atoms with van der Waals surface area (Å²) >= 11 is 0. The highest BCUT2D eigenvalue weighted by Gasteiger charge is 2.18. The van der Waals surface area contributed by atoms with Gasteiger partial charge in [-0.05, 0) is 24.3 Å². The van der Waals surface area contributed by atoms with E-state index >= 15 is 0 Å². The van der Waals surface area contributed by atoms with Crippen molar-refractivity contribution in [3.05, 3.63) is 54.1 Å². The third kappa shape index (κ3) is 2.92. The highest BCUT2D eigenvalue weighted by molar-refractivity contribution is 5.26. The summed E-state index contributed by atoms with van der Waals surface area (Å²) in [4.78, 5) is 4.29. The average Bonchev–Trinajstić information content (AvgIpc) is 2.96. The zero-order chi connectivity index (χ0) is 13.8. The van der Waals surface area contributed by atoms with Gasteiger partial charge in [0.15, 0.2) is 0 Å². The second kappa shape index (κ2) is 6.20. The summed E-state index contributed by atoms with van der Waals surface area (Å²) in [6.45, 7) is 2.73. The van der Waals surface area contributed by atoms with Gasteiger partial charge >= 0.3 is 0 Å². The van der Waals surface area contributed by atoms with Crippen LogP contribution in [0.2, 0.25) is 0 Å². The van der Waals surface area contributed by atoms with Crippen LogP contribution in [0.1, 0.15) is 30.1 Å². The molecule has 1 aliphatic heterocycles. The molecule has 20 heavy (non-hydrogen) atoms. The normalized spacial score (nSPS) is 18.1. The Bertz CT molecular complexity index is 532. The molecule has 1 aliphatic rings. The topological polar surface area (TPSA) is 53.1 Å². The molecule has 4 nitrogen and oxygen atoms in total. The summed E-state index contributed by atoms with van der Waals surface area (Å²) in [5.74, 6) is 0.666. The molecule has 0 aliphatic carbocycles. The highest BCUT2D eigenvalue weighted by Crippen LogP contribution is 2.22. The molecule has 2 aromatic rings. The second-order valence-electron chi connectivity index (χ2n) is 5.41. The maximum Gasteiger partial charge on any atom is 0.0948 e. The van der Waals surface area contributed by atoms with Crippen LogP contribution in [0.3, 0.4) is 0 Å². The van der Waals surface area contributed by atoms with Crippen LogP contribution in [0.15, 0.2) is 42.9 Å². The van der Waals surface area contributed by atoms with Crippen molar-refractivity contribution in [2.45, 2.75) is 25.4 Å².